The Balaban J connectivity index is 1.97. The van der Waals surface area contributed by atoms with E-state index in [1.54, 1.807) is 24.3 Å². The van der Waals surface area contributed by atoms with Crippen LogP contribution in [0.2, 0.25) is 0 Å². The van der Waals surface area contributed by atoms with Crippen LogP contribution in [0.15, 0.2) is 36.4 Å². The number of nitrogens with zero attached hydrogens (tertiary/aromatic N) is 1. The molecule has 0 saturated carbocycles. The molecular weight excluding hydrogens is 226 g/mol. The Bertz CT molecular complexity index is 512. The molecule has 3 rings (SSSR count). The number of hydrogen-bond acceptors (Lipinski definition) is 2. The van der Waals surface area contributed by atoms with E-state index in [-0.39, 0.29) is 17.9 Å². The summed E-state index contributed by atoms with van der Waals surface area (Å²) in [5.74, 6) is 0.211. The molecule has 0 saturated heterocycles. The van der Waals surface area contributed by atoms with Gasteiger partial charge in [0.1, 0.15) is 0 Å². The first-order chi connectivity index (χ1) is 8.68. The number of allylic oxidation sites excluding steroid dienone is 1. The van der Waals surface area contributed by atoms with Gasteiger partial charge in [0, 0.05) is 0 Å². The highest BCUT2D eigenvalue weighted by atomic mass is 16.2. The molecule has 2 atom stereocenters. The van der Waals surface area contributed by atoms with Crippen LogP contribution in [0, 0.1) is 5.92 Å². The minimum Gasteiger partial charge on any atom is -0.269 e. The molecule has 0 bridgehead atoms. The van der Waals surface area contributed by atoms with Crippen LogP contribution in [0.5, 0.6) is 0 Å². The summed E-state index contributed by atoms with van der Waals surface area (Å²) in [5, 5.41) is 0. The van der Waals surface area contributed by atoms with Crippen LogP contribution in [-0.4, -0.2) is 22.8 Å². The number of carbonyl (C=O) groups is 2. The Hall–Kier alpha value is -1.90. The second-order valence-corrected chi connectivity index (χ2v) is 5.10. The third-order valence-corrected chi connectivity index (χ3v) is 3.70. The summed E-state index contributed by atoms with van der Waals surface area (Å²) in [6.07, 6.45) is 5.95. The number of imide groups is 1. The predicted molar refractivity (Wildman–Crippen MR) is 68.3 cm³/mol. The number of benzene rings is 1. The van der Waals surface area contributed by atoms with E-state index in [0.29, 0.717) is 17.0 Å². The molecular formula is C15H15NO2. The maximum atomic E-state index is 12.3. The molecule has 2 aliphatic rings. The van der Waals surface area contributed by atoms with Crippen LogP contribution < -0.4 is 0 Å². The zero-order valence-corrected chi connectivity index (χ0v) is 10.3. The van der Waals surface area contributed by atoms with Crippen molar-refractivity contribution in [3.8, 4) is 0 Å². The van der Waals surface area contributed by atoms with Crippen molar-refractivity contribution in [3.63, 3.8) is 0 Å². The van der Waals surface area contributed by atoms with Gasteiger partial charge in [-0.05, 0) is 30.9 Å². The van der Waals surface area contributed by atoms with E-state index < -0.39 is 0 Å². The fraction of sp³-hybridized carbons (Fsp3) is 0.333. The molecule has 2 amide bonds. The van der Waals surface area contributed by atoms with Crippen LogP contribution in [-0.2, 0) is 0 Å². The molecule has 3 nitrogen and oxygen atoms in total. The largest absolute Gasteiger partial charge is 0.269 e. The number of amides is 2. The van der Waals surface area contributed by atoms with Crippen LogP contribution in [0.4, 0.5) is 0 Å². The van der Waals surface area contributed by atoms with Crippen LogP contribution in [0.25, 0.3) is 0 Å². The van der Waals surface area contributed by atoms with Crippen molar-refractivity contribution in [1.82, 2.24) is 4.90 Å². The molecule has 0 spiro atoms. The number of hydrogen-bond donors (Lipinski definition) is 0. The Morgan fingerprint density at radius 3 is 2.28 bits per heavy atom. The van der Waals surface area contributed by atoms with Crippen molar-refractivity contribution in [2.45, 2.75) is 25.8 Å². The van der Waals surface area contributed by atoms with Gasteiger partial charge in [-0.1, -0.05) is 31.2 Å². The zero-order valence-electron chi connectivity index (χ0n) is 10.3. The molecule has 1 aromatic carbocycles. The normalized spacial score (nSPS) is 26.6. The summed E-state index contributed by atoms with van der Waals surface area (Å²) in [5.41, 5.74) is 1.07. The van der Waals surface area contributed by atoms with Gasteiger partial charge >= 0.3 is 0 Å². The van der Waals surface area contributed by atoms with E-state index in [4.69, 9.17) is 0 Å². The highest BCUT2D eigenvalue weighted by Gasteiger charge is 2.39. The Morgan fingerprint density at radius 1 is 1.11 bits per heavy atom. The fourth-order valence-electron chi connectivity index (χ4n) is 2.76. The lowest BCUT2D eigenvalue weighted by Crippen LogP contribution is -2.40. The van der Waals surface area contributed by atoms with Gasteiger partial charge in [0.05, 0.1) is 17.2 Å². The van der Waals surface area contributed by atoms with Crippen molar-refractivity contribution >= 4 is 11.8 Å². The Kier molecular flexibility index (Phi) is 2.54. The molecule has 18 heavy (non-hydrogen) atoms. The molecule has 0 radical (unpaired) electrons. The van der Waals surface area contributed by atoms with Gasteiger partial charge in [-0.3, -0.25) is 14.5 Å². The van der Waals surface area contributed by atoms with Gasteiger partial charge in [-0.2, -0.15) is 0 Å². The van der Waals surface area contributed by atoms with E-state index in [9.17, 15) is 9.59 Å². The van der Waals surface area contributed by atoms with Crippen LogP contribution >= 0.6 is 0 Å². The first-order valence-corrected chi connectivity index (χ1v) is 6.32. The van der Waals surface area contributed by atoms with Gasteiger partial charge in [-0.25, -0.2) is 0 Å². The monoisotopic (exact) mass is 241 g/mol. The SMILES string of the molecule is C[C@@H]1CC=C[C@H](N2C(=O)c3ccccc3C2=O)C1. The van der Waals surface area contributed by atoms with Gasteiger partial charge in [-0.15, -0.1) is 0 Å². The Labute approximate surface area is 106 Å². The predicted octanol–water partition coefficient (Wildman–Crippen LogP) is 2.64. The number of rotatable bonds is 1. The van der Waals surface area contributed by atoms with Gasteiger partial charge in [0.2, 0.25) is 0 Å². The molecule has 0 aromatic heterocycles. The maximum Gasteiger partial charge on any atom is 0.262 e. The van der Waals surface area contributed by atoms with Crippen molar-refractivity contribution in [2.75, 3.05) is 0 Å². The number of carbonyl (C=O) groups excluding carboxylic acids is 2. The van der Waals surface area contributed by atoms with E-state index in [1.807, 2.05) is 6.08 Å². The van der Waals surface area contributed by atoms with Crippen molar-refractivity contribution < 1.29 is 9.59 Å². The van der Waals surface area contributed by atoms with Gasteiger partial charge in [0.25, 0.3) is 11.8 Å². The van der Waals surface area contributed by atoms with E-state index >= 15 is 0 Å². The molecule has 1 aromatic rings. The molecule has 0 N–H and O–H groups in total. The lowest BCUT2D eigenvalue weighted by atomic mass is 9.92. The topological polar surface area (TPSA) is 37.4 Å². The first kappa shape index (κ1) is 11.2. The molecule has 3 heteroatoms. The summed E-state index contributed by atoms with van der Waals surface area (Å²) in [4.78, 5) is 26.0. The Morgan fingerprint density at radius 2 is 1.72 bits per heavy atom. The fourth-order valence-corrected chi connectivity index (χ4v) is 2.76. The summed E-state index contributed by atoms with van der Waals surface area (Å²) in [6, 6.07) is 6.97. The smallest absolute Gasteiger partial charge is 0.262 e. The first-order valence-electron chi connectivity index (χ1n) is 6.32. The third kappa shape index (κ3) is 1.58. The van der Waals surface area contributed by atoms with E-state index in [0.717, 1.165) is 12.8 Å². The lowest BCUT2D eigenvalue weighted by Gasteiger charge is -2.28. The van der Waals surface area contributed by atoms with Crippen LogP contribution in [0.1, 0.15) is 40.5 Å². The zero-order chi connectivity index (χ0) is 12.7. The number of fused-ring (bicyclic) bond motifs is 1. The average molecular weight is 241 g/mol. The van der Waals surface area contributed by atoms with E-state index in [1.165, 1.54) is 4.90 Å². The molecule has 0 fully saturated rings. The quantitative estimate of drug-likeness (QED) is 0.560. The molecule has 1 heterocycles. The molecule has 1 aliphatic carbocycles. The maximum absolute atomic E-state index is 12.3. The van der Waals surface area contributed by atoms with Crippen molar-refractivity contribution in [2.24, 2.45) is 5.92 Å². The summed E-state index contributed by atoms with van der Waals surface area (Å²) in [6.45, 7) is 2.15. The summed E-state index contributed by atoms with van der Waals surface area (Å²) in [7, 11) is 0. The van der Waals surface area contributed by atoms with Crippen molar-refractivity contribution in [3.05, 3.63) is 47.5 Å². The second kappa shape index (κ2) is 4.09. The molecule has 0 unspecified atom stereocenters. The van der Waals surface area contributed by atoms with Crippen molar-refractivity contribution in [1.29, 1.82) is 0 Å². The second-order valence-electron chi connectivity index (χ2n) is 5.10. The van der Waals surface area contributed by atoms with Crippen LogP contribution in [0.3, 0.4) is 0 Å². The summed E-state index contributed by atoms with van der Waals surface area (Å²) < 4.78 is 0. The summed E-state index contributed by atoms with van der Waals surface area (Å²) >= 11 is 0. The van der Waals surface area contributed by atoms with Gasteiger partial charge in [0.15, 0.2) is 0 Å². The lowest BCUT2D eigenvalue weighted by molar-refractivity contribution is 0.0596. The highest BCUT2D eigenvalue weighted by Crippen LogP contribution is 2.29. The average Bonchev–Trinajstić information content (AvgIpc) is 2.63. The highest BCUT2D eigenvalue weighted by molar-refractivity contribution is 6.21. The minimum atomic E-state index is -0.153. The minimum absolute atomic E-state index is 0.0823. The van der Waals surface area contributed by atoms with E-state index in [2.05, 4.69) is 13.0 Å². The molecule has 1 aliphatic heterocycles. The standard InChI is InChI=1S/C15H15NO2/c1-10-5-4-6-11(9-10)16-14(17)12-7-2-3-8-13(12)15(16)18/h2-4,6-8,10-11H,5,9H2,1H3/t10-,11+/m1/s1. The molecule has 92 valence electrons. The third-order valence-electron chi connectivity index (χ3n) is 3.70. The van der Waals surface area contributed by atoms with Gasteiger partial charge < -0.3 is 0 Å².